The molecule has 1 aliphatic heterocycles. The normalized spacial score (nSPS) is 17.1. The van der Waals surface area contributed by atoms with Crippen LogP contribution in [0.5, 0.6) is 0 Å². The molecular formula is C16H24F2N2. The van der Waals surface area contributed by atoms with Crippen LogP contribution < -0.4 is 5.32 Å². The molecule has 2 nitrogen and oxygen atoms in total. The molecule has 0 aliphatic carbocycles. The van der Waals surface area contributed by atoms with Crippen molar-refractivity contribution >= 4 is 0 Å². The number of benzene rings is 1. The smallest absolute Gasteiger partial charge is 0.130 e. The molecule has 1 aromatic carbocycles. The van der Waals surface area contributed by atoms with Gasteiger partial charge in [-0.15, -0.1) is 0 Å². The summed E-state index contributed by atoms with van der Waals surface area (Å²) in [7, 11) is 0. The Hall–Kier alpha value is -1.00. The van der Waals surface area contributed by atoms with Gasteiger partial charge in [-0.1, -0.05) is 6.07 Å². The van der Waals surface area contributed by atoms with E-state index in [1.54, 1.807) is 0 Å². The number of rotatable bonds is 5. The molecular weight excluding hydrogens is 258 g/mol. The predicted molar refractivity (Wildman–Crippen MR) is 77.5 cm³/mol. The molecule has 0 aromatic heterocycles. The predicted octanol–water partition coefficient (Wildman–Crippen LogP) is 3.17. The van der Waals surface area contributed by atoms with E-state index in [0.717, 1.165) is 32.5 Å². The van der Waals surface area contributed by atoms with E-state index >= 15 is 0 Å². The molecule has 1 fully saturated rings. The molecule has 0 saturated carbocycles. The molecule has 0 amide bonds. The number of nitrogens with zero attached hydrogens (tertiary/aromatic N) is 1. The Morgan fingerprint density at radius 3 is 2.35 bits per heavy atom. The Morgan fingerprint density at radius 2 is 1.80 bits per heavy atom. The quantitative estimate of drug-likeness (QED) is 0.892. The number of hydrogen-bond acceptors (Lipinski definition) is 2. The third-order valence-electron chi connectivity index (χ3n) is 4.10. The average Bonchev–Trinajstić information content (AvgIpc) is 2.42. The van der Waals surface area contributed by atoms with Crippen LogP contribution in [-0.4, -0.2) is 30.6 Å². The summed E-state index contributed by atoms with van der Waals surface area (Å²) in [4.78, 5) is 2.18. The summed E-state index contributed by atoms with van der Waals surface area (Å²) < 4.78 is 27.6. The van der Waals surface area contributed by atoms with Gasteiger partial charge in [-0.2, -0.15) is 0 Å². The fraction of sp³-hybridized carbons (Fsp3) is 0.625. The maximum absolute atomic E-state index is 13.8. The van der Waals surface area contributed by atoms with Gasteiger partial charge < -0.3 is 5.32 Å². The molecule has 1 saturated heterocycles. The molecule has 112 valence electrons. The maximum atomic E-state index is 13.8. The standard InChI is InChI=1S/C16H24F2N2/c1-12(2)20(10-13-6-8-19-9-7-13)11-14-15(17)4-3-5-16(14)18/h3-5,12-13,19H,6-11H2,1-2H3. The van der Waals surface area contributed by atoms with Crippen molar-refractivity contribution in [3.8, 4) is 0 Å². The van der Waals surface area contributed by atoms with E-state index in [9.17, 15) is 8.78 Å². The maximum Gasteiger partial charge on any atom is 0.130 e. The molecule has 0 radical (unpaired) electrons. The van der Waals surface area contributed by atoms with Gasteiger partial charge in [-0.05, 0) is 57.8 Å². The molecule has 1 N–H and O–H groups in total. The lowest BCUT2D eigenvalue weighted by atomic mass is 9.96. The monoisotopic (exact) mass is 282 g/mol. The van der Waals surface area contributed by atoms with Crippen molar-refractivity contribution in [1.29, 1.82) is 0 Å². The summed E-state index contributed by atoms with van der Waals surface area (Å²) in [6.07, 6.45) is 2.28. The zero-order valence-corrected chi connectivity index (χ0v) is 12.3. The molecule has 0 spiro atoms. The lowest BCUT2D eigenvalue weighted by Crippen LogP contribution is -2.39. The highest BCUT2D eigenvalue weighted by Crippen LogP contribution is 2.20. The van der Waals surface area contributed by atoms with Gasteiger partial charge >= 0.3 is 0 Å². The molecule has 20 heavy (non-hydrogen) atoms. The lowest BCUT2D eigenvalue weighted by molar-refractivity contribution is 0.158. The van der Waals surface area contributed by atoms with Crippen LogP contribution in [0.25, 0.3) is 0 Å². The van der Waals surface area contributed by atoms with Crippen LogP contribution in [0.4, 0.5) is 8.78 Å². The van der Waals surface area contributed by atoms with E-state index in [-0.39, 0.29) is 11.6 Å². The van der Waals surface area contributed by atoms with Gasteiger partial charge in [-0.25, -0.2) is 8.78 Å². The van der Waals surface area contributed by atoms with E-state index in [1.807, 2.05) is 0 Å². The second kappa shape index (κ2) is 7.14. The Balaban J connectivity index is 2.05. The minimum Gasteiger partial charge on any atom is -0.317 e. The van der Waals surface area contributed by atoms with Crippen LogP contribution in [0.2, 0.25) is 0 Å². The number of halogens is 2. The zero-order chi connectivity index (χ0) is 14.5. The second-order valence-corrected chi connectivity index (χ2v) is 5.92. The zero-order valence-electron chi connectivity index (χ0n) is 12.3. The summed E-state index contributed by atoms with van der Waals surface area (Å²) in [5.74, 6) is -0.268. The number of nitrogens with one attached hydrogen (secondary N) is 1. The third-order valence-corrected chi connectivity index (χ3v) is 4.10. The first-order valence-electron chi connectivity index (χ1n) is 7.45. The van der Waals surface area contributed by atoms with Gasteiger partial charge in [-0.3, -0.25) is 4.90 Å². The molecule has 2 rings (SSSR count). The highest BCUT2D eigenvalue weighted by Gasteiger charge is 2.21. The lowest BCUT2D eigenvalue weighted by Gasteiger charge is -2.33. The van der Waals surface area contributed by atoms with Crippen LogP contribution in [0.1, 0.15) is 32.3 Å². The average molecular weight is 282 g/mol. The van der Waals surface area contributed by atoms with Gasteiger partial charge in [0.05, 0.1) is 0 Å². The SMILES string of the molecule is CC(C)N(Cc1c(F)cccc1F)CC1CCNCC1. The van der Waals surface area contributed by atoms with E-state index in [4.69, 9.17) is 0 Å². The molecule has 4 heteroatoms. The van der Waals surface area contributed by atoms with Crippen LogP contribution in [0, 0.1) is 17.6 Å². The first kappa shape index (κ1) is 15.4. The Morgan fingerprint density at radius 1 is 1.20 bits per heavy atom. The van der Waals surface area contributed by atoms with Crippen LogP contribution >= 0.6 is 0 Å². The highest BCUT2D eigenvalue weighted by molar-refractivity contribution is 5.19. The van der Waals surface area contributed by atoms with Crippen molar-refractivity contribution in [3.63, 3.8) is 0 Å². The van der Waals surface area contributed by atoms with E-state index in [2.05, 4.69) is 24.1 Å². The number of piperidine rings is 1. The van der Waals surface area contributed by atoms with Gasteiger partial charge in [0, 0.05) is 24.7 Å². The van der Waals surface area contributed by atoms with Gasteiger partial charge in [0.1, 0.15) is 11.6 Å². The van der Waals surface area contributed by atoms with Crippen LogP contribution in [0.3, 0.4) is 0 Å². The van der Waals surface area contributed by atoms with Gasteiger partial charge in [0.25, 0.3) is 0 Å². The molecule has 0 atom stereocenters. The van der Waals surface area contributed by atoms with Crippen LogP contribution in [0.15, 0.2) is 18.2 Å². The summed E-state index contributed by atoms with van der Waals surface area (Å²) in [6, 6.07) is 4.37. The first-order valence-corrected chi connectivity index (χ1v) is 7.45. The summed E-state index contributed by atoms with van der Waals surface area (Å²) in [5.41, 5.74) is 0.190. The number of hydrogen-bond donors (Lipinski definition) is 1. The highest BCUT2D eigenvalue weighted by atomic mass is 19.1. The Kier molecular flexibility index (Phi) is 5.49. The van der Waals surface area contributed by atoms with Crippen molar-refractivity contribution in [2.75, 3.05) is 19.6 Å². The topological polar surface area (TPSA) is 15.3 Å². The first-order chi connectivity index (χ1) is 9.58. The molecule has 1 aliphatic rings. The summed E-state index contributed by atoms with van der Waals surface area (Å²) >= 11 is 0. The minimum absolute atomic E-state index is 0.190. The molecule has 0 unspecified atom stereocenters. The fourth-order valence-corrected chi connectivity index (χ4v) is 2.74. The Bertz CT molecular complexity index is 408. The Labute approximate surface area is 120 Å². The van der Waals surface area contributed by atoms with Gasteiger partial charge in [0.15, 0.2) is 0 Å². The van der Waals surface area contributed by atoms with Gasteiger partial charge in [0.2, 0.25) is 0 Å². The van der Waals surface area contributed by atoms with Crippen molar-refractivity contribution in [2.24, 2.45) is 5.92 Å². The van der Waals surface area contributed by atoms with Crippen molar-refractivity contribution in [1.82, 2.24) is 10.2 Å². The second-order valence-electron chi connectivity index (χ2n) is 5.92. The fourth-order valence-electron chi connectivity index (χ4n) is 2.74. The minimum atomic E-state index is -0.444. The third kappa shape index (κ3) is 4.00. The van der Waals surface area contributed by atoms with E-state index in [1.165, 1.54) is 18.2 Å². The van der Waals surface area contributed by atoms with E-state index in [0.29, 0.717) is 12.5 Å². The summed E-state index contributed by atoms with van der Waals surface area (Å²) in [6.45, 7) is 7.52. The molecule has 1 heterocycles. The molecule has 1 aromatic rings. The van der Waals surface area contributed by atoms with Crippen molar-refractivity contribution in [2.45, 2.75) is 39.3 Å². The molecule has 0 bridgehead atoms. The van der Waals surface area contributed by atoms with Crippen LogP contribution in [-0.2, 0) is 6.54 Å². The largest absolute Gasteiger partial charge is 0.317 e. The van der Waals surface area contributed by atoms with E-state index < -0.39 is 11.6 Å². The van der Waals surface area contributed by atoms with Crippen molar-refractivity contribution in [3.05, 3.63) is 35.4 Å². The van der Waals surface area contributed by atoms with Crippen molar-refractivity contribution < 1.29 is 8.78 Å². The summed E-state index contributed by atoms with van der Waals surface area (Å²) in [5, 5.41) is 3.35.